The number of aliphatic hydroxyl groups is 1. The Kier molecular flexibility index (Phi) is 3.56. The largest absolute Gasteiger partial charge is 0.458 e. The van der Waals surface area contributed by atoms with Crippen molar-refractivity contribution in [3.05, 3.63) is 45.8 Å². The van der Waals surface area contributed by atoms with Crippen molar-refractivity contribution in [2.75, 3.05) is 0 Å². The van der Waals surface area contributed by atoms with Gasteiger partial charge in [0.1, 0.15) is 0 Å². The number of benzene rings is 1. The molecular formula is C11H9F3N4O2. The predicted octanol–water partition coefficient (Wildman–Crippen LogP) is 2.87. The number of rotatable bonds is 3. The van der Waals surface area contributed by atoms with Gasteiger partial charge in [-0.15, -0.1) is 0 Å². The maximum absolute atomic E-state index is 12.5. The molecule has 0 amide bonds. The highest BCUT2D eigenvalue weighted by atomic mass is 19.4. The molecule has 1 heterocycles. The number of oxime groups is 1. The zero-order valence-corrected chi connectivity index (χ0v) is 10.0. The summed E-state index contributed by atoms with van der Waals surface area (Å²) in [6.45, 7) is 0.145. The first-order valence-electron chi connectivity index (χ1n) is 5.50. The molecule has 2 rings (SSSR count). The van der Waals surface area contributed by atoms with E-state index in [0.29, 0.717) is 11.1 Å². The van der Waals surface area contributed by atoms with Gasteiger partial charge in [0.05, 0.1) is 18.7 Å². The van der Waals surface area contributed by atoms with Gasteiger partial charge in [-0.05, 0) is 16.7 Å². The zero-order valence-electron chi connectivity index (χ0n) is 10.0. The summed E-state index contributed by atoms with van der Waals surface area (Å²) in [5.74, 6) is -3.27. The fourth-order valence-electron chi connectivity index (χ4n) is 1.64. The average Bonchev–Trinajstić information content (AvgIpc) is 2.80. The molecule has 1 aromatic rings. The summed E-state index contributed by atoms with van der Waals surface area (Å²) < 4.78 is 37.6. The van der Waals surface area contributed by atoms with Crippen molar-refractivity contribution in [3.63, 3.8) is 0 Å². The second kappa shape index (κ2) is 5.03. The second-order valence-corrected chi connectivity index (χ2v) is 4.17. The van der Waals surface area contributed by atoms with Crippen LogP contribution in [0.1, 0.15) is 17.5 Å². The average molecular weight is 286 g/mol. The normalized spacial score (nSPS) is 21.9. The lowest BCUT2D eigenvalue weighted by atomic mass is 10.0. The topological polar surface area (TPSA) is 90.6 Å². The van der Waals surface area contributed by atoms with Crippen molar-refractivity contribution < 1.29 is 23.1 Å². The summed E-state index contributed by atoms with van der Waals surface area (Å²) >= 11 is 0. The highest BCUT2D eigenvalue weighted by Crippen LogP contribution is 2.38. The highest BCUT2D eigenvalue weighted by Gasteiger charge is 2.60. The number of halogens is 3. The maximum atomic E-state index is 12.5. The Morgan fingerprint density at radius 1 is 1.40 bits per heavy atom. The lowest BCUT2D eigenvalue weighted by molar-refractivity contribution is -0.355. The number of azide groups is 1. The van der Waals surface area contributed by atoms with Gasteiger partial charge in [0, 0.05) is 4.91 Å². The van der Waals surface area contributed by atoms with Crippen LogP contribution in [0.15, 0.2) is 34.5 Å². The molecule has 0 fully saturated rings. The van der Waals surface area contributed by atoms with E-state index in [1.54, 1.807) is 12.1 Å². The molecule has 9 heteroatoms. The Morgan fingerprint density at radius 3 is 2.55 bits per heavy atom. The van der Waals surface area contributed by atoms with Crippen molar-refractivity contribution in [2.24, 2.45) is 10.3 Å². The SMILES string of the molecule is [N-]=[N+]=NCc1ccc(C2=NOC(O)(C(F)(F)F)C2)cc1. The zero-order chi connectivity index (χ0) is 14.8. The van der Waals surface area contributed by atoms with Crippen LogP contribution in [0.3, 0.4) is 0 Å². The van der Waals surface area contributed by atoms with E-state index >= 15 is 0 Å². The van der Waals surface area contributed by atoms with Crippen LogP contribution in [0, 0.1) is 0 Å². The first-order chi connectivity index (χ1) is 9.36. The number of nitrogens with zero attached hydrogens (tertiary/aromatic N) is 4. The van der Waals surface area contributed by atoms with Crippen LogP contribution in [0.4, 0.5) is 13.2 Å². The van der Waals surface area contributed by atoms with Crippen LogP contribution in [-0.2, 0) is 11.4 Å². The fraction of sp³-hybridized carbons (Fsp3) is 0.364. The Bertz CT molecular complexity index is 578. The van der Waals surface area contributed by atoms with Crippen LogP contribution < -0.4 is 0 Å². The van der Waals surface area contributed by atoms with Gasteiger partial charge in [-0.1, -0.05) is 34.5 Å². The van der Waals surface area contributed by atoms with Gasteiger partial charge < -0.3 is 9.94 Å². The molecule has 6 nitrogen and oxygen atoms in total. The Balaban J connectivity index is 2.13. The predicted molar refractivity (Wildman–Crippen MR) is 62.5 cm³/mol. The summed E-state index contributed by atoms with van der Waals surface area (Å²) in [6.07, 6.45) is -5.69. The molecule has 1 aromatic carbocycles. The van der Waals surface area contributed by atoms with Crippen molar-refractivity contribution in [2.45, 2.75) is 24.9 Å². The molecule has 0 spiro atoms. The molecule has 1 aliphatic rings. The standard InChI is InChI=1S/C11H9F3N4O2/c12-11(13,14)10(19)5-9(17-20-10)8-3-1-7(2-4-8)6-16-18-15/h1-4,19H,5-6H2. The van der Waals surface area contributed by atoms with Gasteiger partial charge >= 0.3 is 12.0 Å². The third-order valence-corrected chi connectivity index (χ3v) is 2.76. The van der Waals surface area contributed by atoms with Gasteiger partial charge in [0.15, 0.2) is 0 Å². The van der Waals surface area contributed by atoms with E-state index < -0.39 is 18.4 Å². The fourth-order valence-corrected chi connectivity index (χ4v) is 1.64. The Hall–Kier alpha value is -2.25. The first kappa shape index (κ1) is 14.2. The second-order valence-electron chi connectivity index (χ2n) is 4.17. The molecular weight excluding hydrogens is 277 g/mol. The molecule has 0 bridgehead atoms. The number of alkyl halides is 3. The van der Waals surface area contributed by atoms with Crippen LogP contribution in [0.25, 0.3) is 10.4 Å². The molecule has 1 aliphatic heterocycles. The lowest BCUT2D eigenvalue weighted by Gasteiger charge is -2.22. The quantitative estimate of drug-likeness (QED) is 0.525. The van der Waals surface area contributed by atoms with Gasteiger partial charge in [0.25, 0.3) is 0 Å². The number of hydrogen-bond donors (Lipinski definition) is 1. The van der Waals surface area contributed by atoms with Gasteiger partial charge in [-0.25, -0.2) is 0 Å². The molecule has 0 aliphatic carbocycles. The van der Waals surface area contributed by atoms with Crippen molar-refractivity contribution >= 4 is 5.71 Å². The molecule has 1 unspecified atom stereocenters. The first-order valence-corrected chi connectivity index (χ1v) is 5.50. The Labute approximate surface area is 111 Å². The molecule has 20 heavy (non-hydrogen) atoms. The van der Waals surface area contributed by atoms with Crippen molar-refractivity contribution in [1.82, 2.24) is 0 Å². The maximum Gasteiger partial charge on any atom is 0.458 e. The molecule has 0 radical (unpaired) electrons. The molecule has 106 valence electrons. The summed E-state index contributed by atoms with van der Waals surface area (Å²) in [4.78, 5) is 6.72. The van der Waals surface area contributed by atoms with E-state index in [-0.39, 0.29) is 12.3 Å². The minimum atomic E-state index is -4.92. The molecule has 1 atom stereocenters. The molecule has 0 saturated carbocycles. The molecule has 1 N–H and O–H groups in total. The van der Waals surface area contributed by atoms with Crippen molar-refractivity contribution in [3.8, 4) is 0 Å². The molecule has 0 aromatic heterocycles. The minimum Gasteiger partial charge on any atom is -0.350 e. The van der Waals surface area contributed by atoms with E-state index in [1.807, 2.05) is 0 Å². The van der Waals surface area contributed by atoms with E-state index in [4.69, 9.17) is 5.53 Å². The van der Waals surface area contributed by atoms with E-state index in [1.165, 1.54) is 12.1 Å². The van der Waals surface area contributed by atoms with E-state index in [9.17, 15) is 18.3 Å². The summed E-state index contributed by atoms with van der Waals surface area (Å²) in [5.41, 5.74) is 9.28. The third-order valence-electron chi connectivity index (χ3n) is 2.76. The van der Waals surface area contributed by atoms with E-state index in [2.05, 4.69) is 20.0 Å². The minimum absolute atomic E-state index is 0.000148. The van der Waals surface area contributed by atoms with Crippen LogP contribution in [0.5, 0.6) is 0 Å². The van der Waals surface area contributed by atoms with Gasteiger partial charge in [-0.3, -0.25) is 0 Å². The Morgan fingerprint density at radius 2 is 2.05 bits per heavy atom. The third kappa shape index (κ3) is 2.68. The molecule has 0 saturated heterocycles. The monoisotopic (exact) mass is 286 g/mol. The van der Waals surface area contributed by atoms with Gasteiger partial charge in [0.2, 0.25) is 0 Å². The summed E-state index contributed by atoms with van der Waals surface area (Å²) in [6, 6.07) is 6.23. The van der Waals surface area contributed by atoms with Crippen LogP contribution >= 0.6 is 0 Å². The van der Waals surface area contributed by atoms with Crippen LogP contribution in [0.2, 0.25) is 0 Å². The van der Waals surface area contributed by atoms with Crippen LogP contribution in [-0.4, -0.2) is 22.8 Å². The van der Waals surface area contributed by atoms with E-state index in [0.717, 1.165) is 0 Å². The summed E-state index contributed by atoms with van der Waals surface area (Å²) in [5, 5.41) is 16.0. The number of hydrogen-bond acceptors (Lipinski definition) is 4. The smallest absolute Gasteiger partial charge is 0.350 e. The summed E-state index contributed by atoms with van der Waals surface area (Å²) in [7, 11) is 0. The highest BCUT2D eigenvalue weighted by molar-refractivity contribution is 6.01. The lowest BCUT2D eigenvalue weighted by Crippen LogP contribution is -2.45. The van der Waals surface area contributed by atoms with Crippen molar-refractivity contribution in [1.29, 1.82) is 0 Å². The van der Waals surface area contributed by atoms with Gasteiger partial charge in [-0.2, -0.15) is 13.2 Å².